The number of hydrogen-bond acceptors (Lipinski definition) is 3. The fourth-order valence-corrected chi connectivity index (χ4v) is 4.19. The molecule has 0 aromatic heterocycles. The Balaban J connectivity index is 2.06. The second-order valence-corrected chi connectivity index (χ2v) is 6.09. The number of benzene rings is 1. The minimum Gasteiger partial charge on any atom is -0.311 e. The number of para-hydroxylation sites is 1. The maximum Gasteiger partial charge on any atom is 0.0671 e. The summed E-state index contributed by atoms with van der Waals surface area (Å²) < 4.78 is 0. The number of aliphatic imine (C=N–C) groups is 1. The maximum atomic E-state index is 4.91. The van der Waals surface area contributed by atoms with Gasteiger partial charge in [-0.15, -0.1) is 0 Å². The molecule has 0 radical (unpaired) electrons. The molecule has 2 aliphatic rings. The van der Waals surface area contributed by atoms with Crippen LogP contribution < -0.4 is 5.32 Å². The van der Waals surface area contributed by atoms with Gasteiger partial charge in [0.2, 0.25) is 0 Å². The van der Waals surface area contributed by atoms with Crippen molar-refractivity contribution >= 4 is 23.2 Å². The largest absolute Gasteiger partial charge is 0.311 e. The van der Waals surface area contributed by atoms with Crippen molar-refractivity contribution in [3.63, 3.8) is 0 Å². The molecule has 18 heavy (non-hydrogen) atoms. The molecule has 3 rings (SSSR count). The highest BCUT2D eigenvalue weighted by Crippen LogP contribution is 2.45. The summed E-state index contributed by atoms with van der Waals surface area (Å²) in [5.41, 5.74) is 4.21. The number of thioether (sulfide) groups is 1. The van der Waals surface area contributed by atoms with Crippen LogP contribution in [0.2, 0.25) is 0 Å². The van der Waals surface area contributed by atoms with Gasteiger partial charge in [-0.2, -0.15) is 11.8 Å². The molecule has 3 heteroatoms. The van der Waals surface area contributed by atoms with Crippen LogP contribution in [0.3, 0.4) is 0 Å². The fourth-order valence-electron chi connectivity index (χ4n) is 3.23. The number of fused-ring (bicyclic) bond motifs is 3. The zero-order chi connectivity index (χ0) is 12.4. The van der Waals surface area contributed by atoms with Gasteiger partial charge in [-0.05, 0) is 37.3 Å². The molecule has 2 aliphatic heterocycles. The van der Waals surface area contributed by atoms with E-state index in [0.29, 0.717) is 0 Å². The lowest BCUT2D eigenvalue weighted by atomic mass is 9.74. The fraction of sp³-hybridized carbons (Fsp3) is 0.533. The predicted molar refractivity (Wildman–Crippen MR) is 80.3 cm³/mol. The normalized spacial score (nSPS) is 26.8. The lowest BCUT2D eigenvalue weighted by Gasteiger charge is -2.33. The van der Waals surface area contributed by atoms with E-state index in [4.69, 9.17) is 4.99 Å². The summed E-state index contributed by atoms with van der Waals surface area (Å²) in [5, 5.41) is 3.54. The van der Waals surface area contributed by atoms with Crippen molar-refractivity contribution in [2.75, 3.05) is 25.1 Å². The highest BCUT2D eigenvalue weighted by atomic mass is 32.2. The Labute approximate surface area is 113 Å². The van der Waals surface area contributed by atoms with Crippen molar-refractivity contribution < 1.29 is 0 Å². The third-order valence-corrected chi connectivity index (χ3v) is 4.90. The van der Waals surface area contributed by atoms with Crippen molar-refractivity contribution in [1.82, 2.24) is 5.32 Å². The molecule has 1 aromatic rings. The Morgan fingerprint density at radius 1 is 1.33 bits per heavy atom. The monoisotopic (exact) mass is 260 g/mol. The van der Waals surface area contributed by atoms with E-state index in [9.17, 15) is 0 Å². The first-order chi connectivity index (χ1) is 8.87. The Morgan fingerprint density at radius 3 is 3.11 bits per heavy atom. The first-order valence-electron chi connectivity index (χ1n) is 6.74. The molecule has 96 valence electrons. The zero-order valence-corrected chi connectivity index (χ0v) is 11.7. The average molecular weight is 260 g/mol. The second-order valence-electron chi connectivity index (χ2n) is 5.22. The summed E-state index contributed by atoms with van der Waals surface area (Å²) in [6.45, 7) is 2.08. The molecule has 0 saturated carbocycles. The van der Waals surface area contributed by atoms with E-state index in [1.165, 1.54) is 36.2 Å². The lowest BCUT2D eigenvalue weighted by molar-refractivity contribution is 0.506. The second kappa shape index (κ2) is 5.06. The Hall–Kier alpha value is -0.800. The molecule has 1 atom stereocenters. The molecule has 1 N–H and O–H groups in total. The minimum atomic E-state index is 0.198. The van der Waals surface area contributed by atoms with Crippen LogP contribution in [0, 0.1) is 0 Å². The topological polar surface area (TPSA) is 24.4 Å². The highest BCUT2D eigenvalue weighted by molar-refractivity contribution is 7.98. The van der Waals surface area contributed by atoms with Gasteiger partial charge in [0, 0.05) is 23.4 Å². The maximum absolute atomic E-state index is 4.91. The van der Waals surface area contributed by atoms with Gasteiger partial charge in [-0.1, -0.05) is 24.6 Å². The van der Waals surface area contributed by atoms with Gasteiger partial charge in [0.1, 0.15) is 0 Å². The molecular weight excluding hydrogens is 240 g/mol. The number of nitrogens with one attached hydrogen (secondary N) is 1. The first kappa shape index (κ1) is 12.2. The van der Waals surface area contributed by atoms with Gasteiger partial charge in [0.15, 0.2) is 0 Å². The molecule has 0 spiro atoms. The molecule has 0 aliphatic carbocycles. The van der Waals surface area contributed by atoms with Gasteiger partial charge in [0.25, 0.3) is 0 Å². The third kappa shape index (κ3) is 1.90. The number of rotatable bonds is 2. The molecule has 0 bridgehead atoms. The summed E-state index contributed by atoms with van der Waals surface area (Å²) in [5.74, 6) is 1.16. The van der Waals surface area contributed by atoms with Crippen LogP contribution in [0.15, 0.2) is 29.3 Å². The predicted octanol–water partition coefficient (Wildman–Crippen LogP) is 3.15. The van der Waals surface area contributed by atoms with Crippen LogP contribution in [0.25, 0.3) is 0 Å². The average Bonchev–Trinajstić information content (AvgIpc) is 2.65. The van der Waals surface area contributed by atoms with E-state index in [-0.39, 0.29) is 5.41 Å². The van der Waals surface area contributed by atoms with Crippen molar-refractivity contribution in [3.05, 3.63) is 29.8 Å². The summed E-state index contributed by atoms with van der Waals surface area (Å²) >= 11 is 1.95. The Bertz CT molecular complexity index is 469. The molecule has 1 aromatic carbocycles. The summed E-state index contributed by atoms with van der Waals surface area (Å²) in [6, 6.07) is 8.70. The van der Waals surface area contributed by atoms with Gasteiger partial charge >= 0.3 is 0 Å². The van der Waals surface area contributed by atoms with Crippen LogP contribution in [0.4, 0.5) is 5.69 Å². The molecule has 0 amide bonds. The molecule has 2 nitrogen and oxygen atoms in total. The van der Waals surface area contributed by atoms with Gasteiger partial charge in [-0.3, -0.25) is 4.99 Å². The Morgan fingerprint density at radius 2 is 2.22 bits per heavy atom. The number of hydrogen-bond donors (Lipinski definition) is 1. The lowest BCUT2D eigenvalue weighted by Crippen LogP contribution is -2.43. The van der Waals surface area contributed by atoms with Crippen LogP contribution in [0.1, 0.15) is 24.8 Å². The van der Waals surface area contributed by atoms with E-state index < -0.39 is 0 Å². The SMILES string of the molecule is CSCC12CCCCNCC1=Nc1ccccc12. The molecule has 2 heterocycles. The highest BCUT2D eigenvalue weighted by Gasteiger charge is 2.42. The van der Waals surface area contributed by atoms with Gasteiger partial charge in [0.05, 0.1) is 5.69 Å². The van der Waals surface area contributed by atoms with Gasteiger partial charge in [-0.25, -0.2) is 0 Å². The molecular formula is C15H20N2S. The molecule has 1 unspecified atom stereocenters. The van der Waals surface area contributed by atoms with E-state index >= 15 is 0 Å². The quantitative estimate of drug-likeness (QED) is 0.883. The third-order valence-electron chi connectivity index (χ3n) is 4.12. The van der Waals surface area contributed by atoms with Crippen molar-refractivity contribution in [2.24, 2.45) is 4.99 Å². The standard InChI is InChI=1S/C15H20N2S/c1-18-11-15-8-4-5-9-16-10-14(15)17-13-7-3-2-6-12(13)15/h2-3,6-7,16H,4-5,8-11H2,1H3. The molecule has 1 fully saturated rings. The van der Waals surface area contributed by atoms with Crippen LogP contribution in [-0.2, 0) is 5.41 Å². The summed E-state index contributed by atoms with van der Waals surface area (Å²) in [4.78, 5) is 4.91. The number of nitrogens with zero attached hydrogens (tertiary/aromatic N) is 1. The van der Waals surface area contributed by atoms with Crippen molar-refractivity contribution in [3.8, 4) is 0 Å². The van der Waals surface area contributed by atoms with Crippen LogP contribution >= 0.6 is 11.8 Å². The minimum absolute atomic E-state index is 0.198. The summed E-state index contributed by atoms with van der Waals surface area (Å²) in [6.07, 6.45) is 6.04. The van der Waals surface area contributed by atoms with E-state index in [0.717, 1.165) is 18.8 Å². The van der Waals surface area contributed by atoms with Crippen LogP contribution in [-0.4, -0.2) is 30.8 Å². The van der Waals surface area contributed by atoms with E-state index in [2.05, 4.69) is 35.8 Å². The smallest absolute Gasteiger partial charge is 0.0671 e. The first-order valence-corrected chi connectivity index (χ1v) is 8.13. The van der Waals surface area contributed by atoms with Gasteiger partial charge < -0.3 is 5.32 Å². The zero-order valence-electron chi connectivity index (χ0n) is 10.9. The van der Waals surface area contributed by atoms with E-state index in [1.807, 2.05) is 11.8 Å². The Kier molecular flexibility index (Phi) is 3.44. The van der Waals surface area contributed by atoms with Crippen LogP contribution in [0.5, 0.6) is 0 Å². The van der Waals surface area contributed by atoms with Crippen molar-refractivity contribution in [1.29, 1.82) is 0 Å². The van der Waals surface area contributed by atoms with Crippen molar-refractivity contribution in [2.45, 2.75) is 24.7 Å². The van der Waals surface area contributed by atoms with E-state index in [1.54, 1.807) is 0 Å². The summed E-state index contributed by atoms with van der Waals surface area (Å²) in [7, 11) is 0. The molecule has 1 saturated heterocycles.